The van der Waals surface area contributed by atoms with E-state index >= 15 is 0 Å². The Balaban J connectivity index is 2.40. The molecule has 1 aromatic carbocycles. The van der Waals surface area contributed by atoms with E-state index in [1.54, 1.807) is 7.11 Å². The molecule has 0 aromatic heterocycles. The summed E-state index contributed by atoms with van der Waals surface area (Å²) in [6.45, 7) is 6.86. The Morgan fingerprint density at radius 3 is 2.84 bits per heavy atom. The predicted molar refractivity (Wildman–Crippen MR) is 76.7 cm³/mol. The topological polar surface area (TPSA) is 50.7 Å². The van der Waals surface area contributed by atoms with E-state index in [4.69, 9.17) is 9.47 Å². The van der Waals surface area contributed by atoms with Crippen LogP contribution >= 0.6 is 0 Å². The van der Waals surface area contributed by atoms with E-state index < -0.39 is 6.10 Å². The Labute approximate surface area is 115 Å². The van der Waals surface area contributed by atoms with E-state index in [-0.39, 0.29) is 0 Å². The van der Waals surface area contributed by atoms with E-state index in [1.807, 2.05) is 32.0 Å². The minimum absolute atomic E-state index is 0.520. The van der Waals surface area contributed by atoms with Gasteiger partial charge in [0.05, 0.1) is 13.2 Å². The summed E-state index contributed by atoms with van der Waals surface area (Å²) in [4.78, 5) is 0. The van der Waals surface area contributed by atoms with E-state index in [0.717, 1.165) is 43.1 Å². The maximum absolute atomic E-state index is 10.2. The van der Waals surface area contributed by atoms with Gasteiger partial charge in [-0.05, 0) is 38.9 Å². The maximum atomic E-state index is 10.2. The number of aryl methyl sites for hydroxylation is 1. The number of aliphatic hydroxyl groups is 1. The van der Waals surface area contributed by atoms with Crippen molar-refractivity contribution in [2.75, 3.05) is 33.4 Å². The Hall–Kier alpha value is -1.10. The number of methoxy groups -OCH3 is 1. The van der Waals surface area contributed by atoms with Crippen molar-refractivity contribution in [2.24, 2.45) is 0 Å². The van der Waals surface area contributed by atoms with Crippen LogP contribution in [0.2, 0.25) is 0 Å². The number of ether oxygens (including phenoxy) is 2. The monoisotopic (exact) mass is 267 g/mol. The first-order chi connectivity index (χ1) is 9.19. The minimum Gasteiger partial charge on any atom is -0.496 e. The zero-order valence-corrected chi connectivity index (χ0v) is 12.1. The highest BCUT2D eigenvalue weighted by atomic mass is 16.5. The third-order valence-corrected chi connectivity index (χ3v) is 2.93. The van der Waals surface area contributed by atoms with Crippen molar-refractivity contribution >= 4 is 0 Å². The Morgan fingerprint density at radius 1 is 1.37 bits per heavy atom. The standard InChI is InChI=1S/C15H25NO3/c1-4-19-9-5-8-16-11-14(17)13-10-12(2)6-7-15(13)18-3/h6-7,10,14,16-17H,4-5,8-9,11H2,1-3H3. The lowest BCUT2D eigenvalue weighted by molar-refractivity contribution is 0.140. The molecule has 1 rings (SSSR count). The summed E-state index contributed by atoms with van der Waals surface area (Å²) in [6, 6.07) is 5.83. The van der Waals surface area contributed by atoms with E-state index in [9.17, 15) is 5.11 Å². The number of nitrogens with one attached hydrogen (secondary N) is 1. The average molecular weight is 267 g/mol. The lowest BCUT2D eigenvalue weighted by Gasteiger charge is -2.16. The van der Waals surface area contributed by atoms with Crippen LogP contribution in [0.25, 0.3) is 0 Å². The molecular weight excluding hydrogens is 242 g/mol. The van der Waals surface area contributed by atoms with E-state index in [2.05, 4.69) is 5.32 Å². The first-order valence-corrected chi connectivity index (χ1v) is 6.80. The number of hydrogen-bond acceptors (Lipinski definition) is 4. The van der Waals surface area contributed by atoms with Crippen LogP contribution in [0.3, 0.4) is 0 Å². The lowest BCUT2D eigenvalue weighted by Crippen LogP contribution is -2.23. The fourth-order valence-electron chi connectivity index (χ4n) is 1.91. The quantitative estimate of drug-likeness (QED) is 0.672. The second-order valence-electron chi connectivity index (χ2n) is 4.52. The van der Waals surface area contributed by atoms with Gasteiger partial charge in [-0.2, -0.15) is 0 Å². The predicted octanol–water partition coefficient (Wildman–Crippen LogP) is 2.05. The molecule has 0 amide bonds. The van der Waals surface area contributed by atoms with Crippen molar-refractivity contribution in [1.82, 2.24) is 5.32 Å². The van der Waals surface area contributed by atoms with Crippen molar-refractivity contribution in [3.05, 3.63) is 29.3 Å². The van der Waals surface area contributed by atoms with Crippen LogP contribution in [-0.2, 0) is 4.74 Å². The fourth-order valence-corrected chi connectivity index (χ4v) is 1.91. The highest BCUT2D eigenvalue weighted by Crippen LogP contribution is 2.25. The largest absolute Gasteiger partial charge is 0.496 e. The van der Waals surface area contributed by atoms with Gasteiger partial charge in [-0.3, -0.25) is 0 Å². The van der Waals surface area contributed by atoms with Crippen LogP contribution in [0.15, 0.2) is 18.2 Å². The number of hydrogen-bond donors (Lipinski definition) is 2. The molecule has 0 fully saturated rings. The van der Waals surface area contributed by atoms with Crippen molar-refractivity contribution in [3.8, 4) is 5.75 Å². The Bertz CT molecular complexity index is 368. The molecule has 19 heavy (non-hydrogen) atoms. The molecule has 1 aromatic rings. The second-order valence-corrected chi connectivity index (χ2v) is 4.52. The van der Waals surface area contributed by atoms with Gasteiger partial charge in [-0.15, -0.1) is 0 Å². The van der Waals surface area contributed by atoms with Gasteiger partial charge >= 0.3 is 0 Å². The van der Waals surface area contributed by atoms with Gasteiger partial charge in [0.1, 0.15) is 5.75 Å². The number of aliphatic hydroxyl groups excluding tert-OH is 1. The molecule has 4 nitrogen and oxygen atoms in total. The maximum Gasteiger partial charge on any atom is 0.124 e. The Morgan fingerprint density at radius 2 is 2.16 bits per heavy atom. The summed E-state index contributed by atoms with van der Waals surface area (Å²) in [5, 5.41) is 13.4. The molecular formula is C15H25NO3. The van der Waals surface area contributed by atoms with Crippen molar-refractivity contribution < 1.29 is 14.6 Å². The molecule has 0 saturated heterocycles. The number of rotatable bonds is 9. The second kappa shape index (κ2) is 8.91. The molecule has 1 atom stereocenters. The normalized spacial score (nSPS) is 12.4. The van der Waals surface area contributed by atoms with Gasteiger partial charge in [0, 0.05) is 25.3 Å². The summed E-state index contributed by atoms with van der Waals surface area (Å²) in [5.74, 6) is 0.731. The molecule has 0 spiro atoms. The van der Waals surface area contributed by atoms with Gasteiger partial charge in [-0.25, -0.2) is 0 Å². The van der Waals surface area contributed by atoms with Crippen LogP contribution in [-0.4, -0.2) is 38.5 Å². The molecule has 108 valence electrons. The van der Waals surface area contributed by atoms with E-state index in [0.29, 0.717) is 6.54 Å². The molecule has 0 aliphatic rings. The van der Waals surface area contributed by atoms with Gasteiger partial charge in [0.25, 0.3) is 0 Å². The first-order valence-electron chi connectivity index (χ1n) is 6.80. The summed E-state index contributed by atoms with van der Waals surface area (Å²) in [7, 11) is 1.62. The molecule has 0 aliphatic heterocycles. The van der Waals surface area contributed by atoms with Gasteiger partial charge < -0.3 is 19.9 Å². The molecule has 1 unspecified atom stereocenters. The summed E-state index contributed by atoms with van der Waals surface area (Å²) >= 11 is 0. The zero-order chi connectivity index (χ0) is 14.1. The SMILES string of the molecule is CCOCCCNCC(O)c1cc(C)ccc1OC. The smallest absolute Gasteiger partial charge is 0.124 e. The molecule has 0 bridgehead atoms. The van der Waals surface area contributed by atoms with Crippen LogP contribution in [0.1, 0.15) is 30.6 Å². The van der Waals surface area contributed by atoms with Crippen LogP contribution in [0, 0.1) is 6.92 Å². The molecule has 4 heteroatoms. The minimum atomic E-state index is -0.554. The van der Waals surface area contributed by atoms with Crippen LogP contribution in [0.5, 0.6) is 5.75 Å². The fraction of sp³-hybridized carbons (Fsp3) is 0.600. The van der Waals surface area contributed by atoms with E-state index in [1.165, 1.54) is 0 Å². The molecule has 2 N–H and O–H groups in total. The molecule has 0 heterocycles. The summed E-state index contributed by atoms with van der Waals surface area (Å²) < 4.78 is 10.5. The third kappa shape index (κ3) is 5.59. The van der Waals surface area contributed by atoms with Gasteiger partial charge in [0.15, 0.2) is 0 Å². The van der Waals surface area contributed by atoms with Crippen molar-refractivity contribution in [3.63, 3.8) is 0 Å². The van der Waals surface area contributed by atoms with Crippen LogP contribution in [0.4, 0.5) is 0 Å². The third-order valence-electron chi connectivity index (χ3n) is 2.93. The zero-order valence-electron chi connectivity index (χ0n) is 12.1. The van der Waals surface area contributed by atoms with Crippen LogP contribution < -0.4 is 10.1 Å². The van der Waals surface area contributed by atoms with Crippen molar-refractivity contribution in [1.29, 1.82) is 0 Å². The molecule has 0 radical (unpaired) electrons. The highest BCUT2D eigenvalue weighted by molar-refractivity contribution is 5.38. The summed E-state index contributed by atoms with van der Waals surface area (Å²) in [6.07, 6.45) is 0.396. The lowest BCUT2D eigenvalue weighted by atomic mass is 10.1. The highest BCUT2D eigenvalue weighted by Gasteiger charge is 2.12. The van der Waals surface area contributed by atoms with Gasteiger partial charge in [-0.1, -0.05) is 11.6 Å². The molecule has 0 saturated carbocycles. The average Bonchev–Trinajstić information content (AvgIpc) is 2.42. The molecule has 0 aliphatic carbocycles. The van der Waals surface area contributed by atoms with Gasteiger partial charge in [0.2, 0.25) is 0 Å². The first kappa shape index (κ1) is 16.0. The summed E-state index contributed by atoms with van der Waals surface area (Å²) in [5.41, 5.74) is 1.95. The Kier molecular flexibility index (Phi) is 7.48. The number of benzene rings is 1. The van der Waals surface area contributed by atoms with Crippen molar-refractivity contribution in [2.45, 2.75) is 26.4 Å².